The van der Waals surface area contributed by atoms with E-state index in [0.29, 0.717) is 11.3 Å². The van der Waals surface area contributed by atoms with Crippen LogP contribution in [0.5, 0.6) is 0 Å². The summed E-state index contributed by atoms with van der Waals surface area (Å²) in [5.41, 5.74) is 4.62. The predicted octanol–water partition coefficient (Wildman–Crippen LogP) is 4.85. The van der Waals surface area contributed by atoms with E-state index >= 15 is 0 Å². The number of hydrogen-bond donors (Lipinski definition) is 2. The van der Waals surface area contributed by atoms with Gasteiger partial charge in [0.2, 0.25) is 5.91 Å². The van der Waals surface area contributed by atoms with Crippen LogP contribution in [-0.2, 0) is 11.2 Å². The minimum atomic E-state index is -0.281. The second-order valence-electron chi connectivity index (χ2n) is 6.97. The highest BCUT2D eigenvalue weighted by Crippen LogP contribution is 2.33. The van der Waals surface area contributed by atoms with Crippen molar-refractivity contribution in [1.82, 2.24) is 5.32 Å². The van der Waals surface area contributed by atoms with Gasteiger partial charge in [-0.25, -0.2) is 4.39 Å². The molecule has 1 aromatic heterocycles. The van der Waals surface area contributed by atoms with Gasteiger partial charge in [0, 0.05) is 10.6 Å². The van der Waals surface area contributed by atoms with Gasteiger partial charge in [-0.05, 0) is 60.4 Å². The molecule has 2 N–H and O–H groups in total. The highest BCUT2D eigenvalue weighted by atomic mass is 32.1. The topological polar surface area (TPSA) is 58.2 Å². The Morgan fingerprint density at radius 1 is 1.18 bits per heavy atom. The van der Waals surface area contributed by atoms with E-state index < -0.39 is 0 Å². The van der Waals surface area contributed by atoms with Crippen molar-refractivity contribution in [3.05, 3.63) is 75.9 Å². The fourth-order valence-corrected chi connectivity index (χ4v) is 4.43. The Labute approximate surface area is 166 Å². The summed E-state index contributed by atoms with van der Waals surface area (Å²) in [5.74, 6) is -0.439. The Morgan fingerprint density at radius 2 is 1.93 bits per heavy atom. The summed E-state index contributed by atoms with van der Waals surface area (Å²) in [4.78, 5) is 25.8. The molecule has 2 amide bonds. The minimum absolute atomic E-state index is 0.00813. The summed E-state index contributed by atoms with van der Waals surface area (Å²) in [7, 11) is 0. The zero-order valence-electron chi connectivity index (χ0n) is 15.5. The van der Waals surface area contributed by atoms with Gasteiger partial charge in [-0.3, -0.25) is 9.59 Å². The molecule has 1 aliphatic heterocycles. The zero-order chi connectivity index (χ0) is 19.8. The van der Waals surface area contributed by atoms with Crippen molar-refractivity contribution in [3.8, 4) is 10.4 Å². The first-order chi connectivity index (χ1) is 13.4. The molecule has 4 rings (SSSR count). The van der Waals surface area contributed by atoms with Crippen LogP contribution in [0.4, 0.5) is 10.1 Å². The van der Waals surface area contributed by atoms with Crippen LogP contribution < -0.4 is 10.6 Å². The molecule has 0 unspecified atom stereocenters. The fraction of sp³-hybridized carbons (Fsp3) is 0.182. The van der Waals surface area contributed by atoms with Crippen molar-refractivity contribution >= 4 is 28.8 Å². The van der Waals surface area contributed by atoms with Gasteiger partial charge in [-0.15, -0.1) is 11.3 Å². The molecule has 0 fully saturated rings. The van der Waals surface area contributed by atoms with E-state index in [9.17, 15) is 14.0 Å². The van der Waals surface area contributed by atoms with Gasteiger partial charge in [-0.1, -0.05) is 24.3 Å². The van der Waals surface area contributed by atoms with Crippen LogP contribution in [-0.4, -0.2) is 11.8 Å². The van der Waals surface area contributed by atoms with Crippen molar-refractivity contribution in [3.63, 3.8) is 0 Å². The molecule has 28 heavy (non-hydrogen) atoms. The summed E-state index contributed by atoms with van der Waals surface area (Å²) < 4.78 is 13.2. The number of halogens is 1. The predicted molar refractivity (Wildman–Crippen MR) is 109 cm³/mol. The second-order valence-corrected chi connectivity index (χ2v) is 8.02. The molecule has 0 spiro atoms. The van der Waals surface area contributed by atoms with E-state index in [1.807, 2.05) is 38.1 Å². The summed E-state index contributed by atoms with van der Waals surface area (Å²) in [6.07, 6.45) is 0.370. The molecular weight excluding hydrogens is 375 g/mol. The fourth-order valence-electron chi connectivity index (χ4n) is 3.35. The maximum Gasteiger partial charge on any atom is 0.261 e. The molecule has 2 aromatic carbocycles. The summed E-state index contributed by atoms with van der Waals surface area (Å²) >= 11 is 1.39. The minimum Gasteiger partial charge on any atom is -0.345 e. The van der Waals surface area contributed by atoms with Gasteiger partial charge in [-0.2, -0.15) is 0 Å². The molecular formula is C22H19FN2O2S. The number of aryl methyl sites for hydroxylation is 1. The highest BCUT2D eigenvalue weighted by Gasteiger charge is 2.20. The number of nitrogens with one attached hydrogen (secondary N) is 2. The first-order valence-corrected chi connectivity index (χ1v) is 9.82. The lowest BCUT2D eigenvalue weighted by Gasteiger charge is -2.14. The Bertz CT molecular complexity index is 1070. The Hall–Kier alpha value is -2.99. The van der Waals surface area contributed by atoms with Crippen molar-refractivity contribution in [1.29, 1.82) is 0 Å². The van der Waals surface area contributed by atoms with Gasteiger partial charge in [0.1, 0.15) is 5.82 Å². The van der Waals surface area contributed by atoms with E-state index in [0.717, 1.165) is 32.8 Å². The monoisotopic (exact) mass is 394 g/mol. The van der Waals surface area contributed by atoms with Crippen LogP contribution in [0.25, 0.3) is 10.4 Å². The third-order valence-corrected chi connectivity index (χ3v) is 6.13. The molecule has 1 aliphatic rings. The van der Waals surface area contributed by atoms with Crippen LogP contribution in [0.2, 0.25) is 0 Å². The number of carbonyl (C=O) groups excluding carboxylic acids is 2. The number of fused-ring (bicyclic) bond motifs is 1. The van der Waals surface area contributed by atoms with E-state index in [1.165, 1.54) is 23.5 Å². The van der Waals surface area contributed by atoms with E-state index in [4.69, 9.17) is 0 Å². The van der Waals surface area contributed by atoms with Gasteiger partial charge in [0.25, 0.3) is 5.91 Å². The standard InChI is InChI=1S/C22H19FN2O2S/c1-12-9-19(28-21(12)14-3-6-17(23)7-4-14)22(27)24-13(2)15-5-8-18-16(10-15)11-20(26)25-18/h3-10,13H,11H2,1-2H3,(H,24,27)(H,25,26)/t13-/m0/s1. The maximum absolute atomic E-state index is 13.2. The molecule has 0 aliphatic carbocycles. The third kappa shape index (κ3) is 3.55. The van der Waals surface area contributed by atoms with Gasteiger partial charge in [0.15, 0.2) is 0 Å². The number of benzene rings is 2. The van der Waals surface area contributed by atoms with Gasteiger partial charge < -0.3 is 10.6 Å². The molecule has 0 saturated heterocycles. The molecule has 1 atom stereocenters. The summed E-state index contributed by atoms with van der Waals surface area (Å²) in [6.45, 7) is 3.87. The Balaban J connectivity index is 1.51. The largest absolute Gasteiger partial charge is 0.345 e. The van der Waals surface area contributed by atoms with Gasteiger partial charge in [0.05, 0.1) is 17.3 Å². The van der Waals surface area contributed by atoms with Crippen molar-refractivity contribution < 1.29 is 14.0 Å². The number of hydrogen-bond acceptors (Lipinski definition) is 3. The summed E-state index contributed by atoms with van der Waals surface area (Å²) in [5, 5.41) is 5.83. The molecule has 0 radical (unpaired) electrons. The zero-order valence-corrected chi connectivity index (χ0v) is 16.3. The molecule has 3 aromatic rings. The average Bonchev–Trinajstić information content (AvgIpc) is 3.23. The highest BCUT2D eigenvalue weighted by molar-refractivity contribution is 7.17. The Kier molecular flexibility index (Phi) is 4.73. The molecule has 4 nitrogen and oxygen atoms in total. The smallest absolute Gasteiger partial charge is 0.261 e. The molecule has 0 bridgehead atoms. The number of amides is 2. The lowest BCUT2D eigenvalue weighted by Crippen LogP contribution is -2.25. The SMILES string of the molecule is Cc1cc(C(=O)N[C@@H](C)c2ccc3c(c2)CC(=O)N3)sc1-c1ccc(F)cc1. The third-order valence-electron chi connectivity index (χ3n) is 4.85. The van der Waals surface area contributed by atoms with Crippen LogP contribution in [0, 0.1) is 12.7 Å². The quantitative estimate of drug-likeness (QED) is 0.665. The maximum atomic E-state index is 13.2. The van der Waals surface area contributed by atoms with Crippen LogP contribution in [0.1, 0.15) is 39.3 Å². The molecule has 0 saturated carbocycles. The van der Waals surface area contributed by atoms with E-state index in [-0.39, 0.29) is 23.7 Å². The number of anilines is 1. The second kappa shape index (κ2) is 7.20. The molecule has 6 heteroatoms. The summed E-state index contributed by atoms with van der Waals surface area (Å²) in [6, 6.07) is 13.7. The molecule has 142 valence electrons. The van der Waals surface area contributed by atoms with E-state index in [2.05, 4.69) is 10.6 Å². The van der Waals surface area contributed by atoms with E-state index in [1.54, 1.807) is 12.1 Å². The van der Waals surface area contributed by atoms with Crippen molar-refractivity contribution in [2.75, 3.05) is 5.32 Å². The van der Waals surface area contributed by atoms with Crippen LogP contribution in [0.15, 0.2) is 48.5 Å². The van der Waals surface area contributed by atoms with Crippen molar-refractivity contribution in [2.45, 2.75) is 26.3 Å². The number of rotatable bonds is 4. The average molecular weight is 394 g/mol. The number of carbonyl (C=O) groups is 2. The Morgan fingerprint density at radius 3 is 2.68 bits per heavy atom. The van der Waals surface area contributed by atoms with Gasteiger partial charge >= 0.3 is 0 Å². The number of thiophene rings is 1. The normalized spacial score (nSPS) is 13.8. The lowest BCUT2D eigenvalue weighted by atomic mass is 10.0. The van der Waals surface area contributed by atoms with Crippen LogP contribution >= 0.6 is 11.3 Å². The van der Waals surface area contributed by atoms with Crippen molar-refractivity contribution in [2.24, 2.45) is 0 Å². The van der Waals surface area contributed by atoms with Crippen LogP contribution in [0.3, 0.4) is 0 Å². The first-order valence-electron chi connectivity index (χ1n) is 9.00. The molecule has 2 heterocycles. The lowest BCUT2D eigenvalue weighted by molar-refractivity contribution is -0.115. The first kappa shape index (κ1) is 18.4.